The fraction of sp³-hybridized carbons (Fsp3) is 0.455. The van der Waals surface area contributed by atoms with Crippen LogP contribution < -0.4 is 10.1 Å². The molecule has 0 aliphatic carbocycles. The van der Waals surface area contributed by atoms with Crippen LogP contribution in [0.2, 0.25) is 0 Å². The molecule has 2 aromatic rings. The van der Waals surface area contributed by atoms with Gasteiger partial charge in [0.1, 0.15) is 18.3 Å². The Kier molecular flexibility index (Phi) is 6.71. The van der Waals surface area contributed by atoms with Gasteiger partial charge in [0, 0.05) is 18.8 Å². The molecule has 3 atom stereocenters. The maximum absolute atomic E-state index is 13.4. The molecule has 12 heteroatoms. The van der Waals surface area contributed by atoms with Crippen LogP contribution in [0.15, 0.2) is 52.4 Å². The van der Waals surface area contributed by atoms with Crippen LogP contribution in [0.1, 0.15) is 26.7 Å². The summed E-state index contributed by atoms with van der Waals surface area (Å²) in [7, 11) is -4.00. The average molecular weight is 491 g/mol. The minimum Gasteiger partial charge on any atom is -0.469 e. The third-order valence-electron chi connectivity index (χ3n) is 5.87. The number of ketones is 1. The number of ether oxygens (including phenoxy) is 1. The number of sulfonamides is 1. The molecular formula is C22H26N4O7S. The van der Waals surface area contributed by atoms with Crippen LogP contribution in [0.25, 0.3) is 0 Å². The van der Waals surface area contributed by atoms with E-state index in [9.17, 15) is 22.8 Å². The van der Waals surface area contributed by atoms with E-state index in [4.69, 9.17) is 9.15 Å². The van der Waals surface area contributed by atoms with Gasteiger partial charge in [-0.15, -0.1) is 0 Å². The van der Waals surface area contributed by atoms with Crippen molar-refractivity contribution < 1.29 is 32.0 Å². The van der Waals surface area contributed by atoms with E-state index in [1.54, 1.807) is 12.1 Å². The Hall–Kier alpha value is -3.25. The van der Waals surface area contributed by atoms with E-state index in [1.165, 1.54) is 35.8 Å². The minimum absolute atomic E-state index is 0.0573. The molecule has 2 aliphatic rings. The summed E-state index contributed by atoms with van der Waals surface area (Å²) in [4.78, 5) is 44.0. The molecule has 4 heterocycles. The molecule has 34 heavy (non-hydrogen) atoms. The van der Waals surface area contributed by atoms with Crippen LogP contribution >= 0.6 is 0 Å². The van der Waals surface area contributed by atoms with E-state index >= 15 is 0 Å². The molecule has 182 valence electrons. The molecule has 2 saturated heterocycles. The molecule has 0 bridgehead atoms. The number of nitrogens with one attached hydrogen (secondary N) is 1. The first-order chi connectivity index (χ1) is 16.2. The second-order valence-corrected chi connectivity index (χ2v) is 10.5. The Bertz CT molecular complexity index is 1150. The van der Waals surface area contributed by atoms with Crippen LogP contribution in [0.3, 0.4) is 0 Å². The zero-order chi connectivity index (χ0) is 24.5. The Labute approximate surface area is 197 Å². The van der Waals surface area contributed by atoms with Crippen molar-refractivity contribution in [2.75, 3.05) is 13.1 Å². The predicted molar refractivity (Wildman–Crippen MR) is 118 cm³/mol. The number of pyridine rings is 1. The maximum atomic E-state index is 13.4. The average Bonchev–Trinajstić information content (AvgIpc) is 3.52. The predicted octanol–water partition coefficient (Wildman–Crippen LogP) is 1.42. The number of fused-ring (bicyclic) bond motifs is 1. The lowest BCUT2D eigenvalue weighted by atomic mass is 10.0. The number of carbonyl (C=O) groups excluding carboxylic acids is 3. The second-order valence-electron chi connectivity index (χ2n) is 8.69. The van der Waals surface area contributed by atoms with Crippen LogP contribution in [-0.4, -0.2) is 71.6 Å². The first-order valence-corrected chi connectivity index (χ1v) is 12.4. The van der Waals surface area contributed by atoms with Crippen molar-refractivity contribution >= 4 is 27.8 Å². The second kappa shape index (κ2) is 9.55. The molecular weight excluding hydrogens is 464 g/mol. The van der Waals surface area contributed by atoms with Crippen molar-refractivity contribution in [2.24, 2.45) is 5.92 Å². The molecule has 0 radical (unpaired) electrons. The fourth-order valence-corrected chi connectivity index (χ4v) is 6.00. The zero-order valence-electron chi connectivity index (χ0n) is 18.8. The Balaban J connectivity index is 1.51. The van der Waals surface area contributed by atoms with Crippen molar-refractivity contribution in [3.8, 4) is 5.75 Å². The Morgan fingerprint density at radius 2 is 2.09 bits per heavy atom. The Morgan fingerprint density at radius 3 is 2.74 bits per heavy atom. The number of amides is 2. The van der Waals surface area contributed by atoms with Gasteiger partial charge in [-0.1, -0.05) is 19.9 Å². The Morgan fingerprint density at radius 1 is 1.29 bits per heavy atom. The summed E-state index contributed by atoms with van der Waals surface area (Å²) in [6, 6.07) is 3.47. The molecule has 2 amide bonds. The lowest BCUT2D eigenvalue weighted by Crippen LogP contribution is -2.53. The largest absolute Gasteiger partial charge is 0.469 e. The van der Waals surface area contributed by atoms with Crippen molar-refractivity contribution in [3.05, 3.63) is 43.0 Å². The molecule has 1 N–H and O–H groups in total. The lowest BCUT2D eigenvalue weighted by Gasteiger charge is -2.28. The molecule has 0 spiro atoms. The van der Waals surface area contributed by atoms with Gasteiger partial charge in [-0.25, -0.2) is 18.2 Å². The van der Waals surface area contributed by atoms with E-state index in [0.717, 1.165) is 4.31 Å². The number of furan rings is 1. The SMILES string of the molecule is CC(C)CC(NC(=O)Oc1ccoc1)C(=O)N1CCC2C1C(=O)CN2S(=O)(=O)c1ccccn1. The molecule has 3 unspecified atom stereocenters. The molecule has 2 aromatic heterocycles. The van der Waals surface area contributed by atoms with Crippen molar-refractivity contribution in [1.82, 2.24) is 19.5 Å². The molecule has 11 nitrogen and oxygen atoms in total. The molecule has 4 rings (SSSR count). The van der Waals surface area contributed by atoms with Gasteiger partial charge in [0.2, 0.25) is 5.91 Å². The summed E-state index contributed by atoms with van der Waals surface area (Å²) in [6.45, 7) is 3.67. The number of hydrogen-bond donors (Lipinski definition) is 1. The molecule has 0 saturated carbocycles. The maximum Gasteiger partial charge on any atom is 0.413 e. The number of rotatable bonds is 7. The van der Waals surface area contributed by atoms with Gasteiger partial charge >= 0.3 is 6.09 Å². The van der Waals surface area contributed by atoms with Crippen molar-refractivity contribution in [1.29, 1.82) is 0 Å². The lowest BCUT2D eigenvalue weighted by molar-refractivity contribution is -0.138. The number of aromatic nitrogens is 1. The van der Waals surface area contributed by atoms with Gasteiger partial charge in [-0.05, 0) is 30.9 Å². The van der Waals surface area contributed by atoms with Gasteiger partial charge in [0.15, 0.2) is 16.6 Å². The third-order valence-corrected chi connectivity index (χ3v) is 7.66. The highest BCUT2D eigenvalue weighted by Gasteiger charge is 2.54. The standard InChI is InChI=1S/C22H26N4O7S/c1-14(2)11-16(24-22(29)33-15-7-10-32-13-15)21(28)25-9-6-17-20(25)18(27)12-26(17)34(30,31)19-5-3-4-8-23-19/h3-5,7-8,10,13-14,16-17,20H,6,9,11-12H2,1-2H3,(H,24,29). The van der Waals surface area contributed by atoms with Gasteiger partial charge in [-0.3, -0.25) is 9.59 Å². The van der Waals surface area contributed by atoms with Crippen LogP contribution in [0, 0.1) is 5.92 Å². The van der Waals surface area contributed by atoms with E-state index in [2.05, 4.69) is 10.3 Å². The monoisotopic (exact) mass is 490 g/mol. The highest BCUT2D eigenvalue weighted by molar-refractivity contribution is 7.89. The van der Waals surface area contributed by atoms with Gasteiger partial charge < -0.3 is 19.4 Å². The quantitative estimate of drug-likeness (QED) is 0.615. The summed E-state index contributed by atoms with van der Waals surface area (Å²) in [5, 5.41) is 2.43. The summed E-state index contributed by atoms with van der Waals surface area (Å²) >= 11 is 0. The summed E-state index contributed by atoms with van der Waals surface area (Å²) in [6.07, 6.45) is 3.77. The summed E-state index contributed by atoms with van der Waals surface area (Å²) in [5.41, 5.74) is 0. The highest BCUT2D eigenvalue weighted by atomic mass is 32.2. The first kappa shape index (κ1) is 23.9. The number of carbonyl (C=O) groups is 3. The number of nitrogens with zero attached hydrogens (tertiary/aromatic N) is 3. The fourth-order valence-electron chi connectivity index (χ4n) is 4.44. The third kappa shape index (κ3) is 4.68. The van der Waals surface area contributed by atoms with E-state index < -0.39 is 40.1 Å². The first-order valence-electron chi connectivity index (χ1n) is 10.9. The van der Waals surface area contributed by atoms with Crippen LogP contribution in [0.4, 0.5) is 4.79 Å². The van der Waals surface area contributed by atoms with E-state index in [1.807, 2.05) is 13.8 Å². The smallest absolute Gasteiger partial charge is 0.413 e. The summed E-state index contributed by atoms with van der Waals surface area (Å²) in [5.74, 6) is -0.562. The minimum atomic E-state index is -4.00. The van der Waals surface area contributed by atoms with Crippen molar-refractivity contribution in [3.63, 3.8) is 0 Å². The molecule has 2 fully saturated rings. The topological polar surface area (TPSA) is 139 Å². The molecule has 0 aromatic carbocycles. The normalized spacial score (nSPS) is 21.5. The van der Waals surface area contributed by atoms with E-state index in [0.29, 0.717) is 12.8 Å². The summed E-state index contributed by atoms with van der Waals surface area (Å²) < 4.78 is 37.3. The van der Waals surface area contributed by atoms with Gasteiger partial charge in [-0.2, -0.15) is 4.31 Å². The number of Topliss-reactive ketones (excluding diaryl/α,β-unsaturated/α-hetero) is 1. The van der Waals surface area contributed by atoms with Gasteiger partial charge in [0.05, 0.1) is 18.8 Å². The molecule has 2 aliphatic heterocycles. The highest BCUT2D eigenvalue weighted by Crippen LogP contribution is 2.34. The number of likely N-dealkylation sites (tertiary alicyclic amines) is 1. The number of hydrogen-bond acceptors (Lipinski definition) is 8. The zero-order valence-corrected chi connectivity index (χ0v) is 19.6. The van der Waals surface area contributed by atoms with Crippen LogP contribution in [-0.2, 0) is 19.6 Å². The van der Waals surface area contributed by atoms with Crippen LogP contribution in [0.5, 0.6) is 5.75 Å². The van der Waals surface area contributed by atoms with E-state index in [-0.39, 0.29) is 35.6 Å². The van der Waals surface area contributed by atoms with Crippen molar-refractivity contribution in [2.45, 2.75) is 49.8 Å². The van der Waals surface area contributed by atoms with Gasteiger partial charge in [0.25, 0.3) is 10.0 Å².